The minimum absolute atomic E-state index is 0.108. The van der Waals surface area contributed by atoms with Gasteiger partial charge in [0, 0.05) is 13.1 Å². The predicted octanol–water partition coefficient (Wildman–Crippen LogP) is 2.88. The van der Waals surface area contributed by atoms with Crippen LogP contribution in [0.15, 0.2) is 30.3 Å². The van der Waals surface area contributed by atoms with E-state index in [0.717, 1.165) is 31.2 Å². The maximum atomic E-state index is 12.3. The molecule has 2 aliphatic rings. The molecule has 0 unspecified atom stereocenters. The van der Waals surface area contributed by atoms with Crippen molar-refractivity contribution in [3.63, 3.8) is 0 Å². The minimum Gasteiger partial charge on any atom is -0.467 e. The summed E-state index contributed by atoms with van der Waals surface area (Å²) in [4.78, 5) is 25.8. The van der Waals surface area contributed by atoms with Gasteiger partial charge in [-0.05, 0) is 49.5 Å². The number of carbonyl (C=O) groups is 2. The van der Waals surface area contributed by atoms with Crippen LogP contribution in [0.25, 0.3) is 0 Å². The number of carbonyl (C=O) groups excluding carboxylic acids is 2. The van der Waals surface area contributed by atoms with Crippen LogP contribution in [-0.4, -0.2) is 47.9 Å². The number of piperidine rings is 1. The lowest BCUT2D eigenvalue weighted by Crippen LogP contribution is -2.50. The lowest BCUT2D eigenvalue weighted by atomic mass is 9.64. The van der Waals surface area contributed by atoms with E-state index in [1.165, 1.54) is 7.11 Å². The highest BCUT2D eigenvalue weighted by Crippen LogP contribution is 2.47. The smallest absolute Gasteiger partial charge is 0.410 e. The SMILES string of the molecule is COC(=O)C1(O)CCC2(CCN(C(=O)OCc3ccccc3)CC2)CC1. The standard InChI is InChI=1S/C20H27NO5/c1-25-17(22)20(24)9-7-19(8-10-20)11-13-21(14-12-19)18(23)26-15-16-5-3-2-4-6-16/h2-6,24H,7-15H2,1H3. The average Bonchev–Trinajstić information content (AvgIpc) is 2.69. The zero-order chi connectivity index (χ0) is 18.6. The number of esters is 1. The summed E-state index contributed by atoms with van der Waals surface area (Å²) in [6.07, 6.45) is 3.91. The van der Waals surface area contributed by atoms with Gasteiger partial charge in [0.15, 0.2) is 5.60 Å². The summed E-state index contributed by atoms with van der Waals surface area (Å²) < 4.78 is 10.1. The molecular weight excluding hydrogens is 334 g/mol. The molecule has 1 amide bonds. The van der Waals surface area contributed by atoms with Crippen LogP contribution in [-0.2, 0) is 20.9 Å². The number of hydrogen-bond acceptors (Lipinski definition) is 5. The Morgan fingerprint density at radius 1 is 1.04 bits per heavy atom. The topological polar surface area (TPSA) is 76.1 Å². The first-order valence-electron chi connectivity index (χ1n) is 9.23. The molecule has 26 heavy (non-hydrogen) atoms. The van der Waals surface area contributed by atoms with E-state index in [1.54, 1.807) is 4.90 Å². The van der Waals surface area contributed by atoms with Gasteiger partial charge in [-0.25, -0.2) is 9.59 Å². The molecule has 1 spiro atoms. The molecule has 1 heterocycles. The Balaban J connectivity index is 1.47. The Morgan fingerprint density at radius 3 is 2.23 bits per heavy atom. The van der Waals surface area contributed by atoms with E-state index < -0.39 is 11.6 Å². The molecule has 1 aromatic rings. The first-order valence-corrected chi connectivity index (χ1v) is 9.23. The Bertz CT molecular complexity index is 627. The number of rotatable bonds is 3. The van der Waals surface area contributed by atoms with E-state index in [9.17, 15) is 14.7 Å². The van der Waals surface area contributed by atoms with Crippen molar-refractivity contribution in [2.75, 3.05) is 20.2 Å². The van der Waals surface area contributed by atoms with Gasteiger partial charge >= 0.3 is 12.1 Å². The van der Waals surface area contributed by atoms with Crippen LogP contribution in [0.2, 0.25) is 0 Å². The minimum atomic E-state index is -1.34. The molecule has 0 atom stereocenters. The molecule has 3 rings (SSSR count). The van der Waals surface area contributed by atoms with Crippen LogP contribution in [0.1, 0.15) is 44.1 Å². The van der Waals surface area contributed by atoms with Gasteiger partial charge in [0.05, 0.1) is 7.11 Å². The van der Waals surface area contributed by atoms with Gasteiger partial charge in [-0.3, -0.25) is 0 Å². The van der Waals surface area contributed by atoms with Crippen molar-refractivity contribution in [2.45, 2.75) is 50.7 Å². The number of methoxy groups -OCH3 is 1. The lowest BCUT2D eigenvalue weighted by Gasteiger charge is -2.47. The Kier molecular flexibility index (Phi) is 5.51. The van der Waals surface area contributed by atoms with Crippen LogP contribution >= 0.6 is 0 Å². The fourth-order valence-electron chi connectivity index (χ4n) is 4.06. The summed E-state index contributed by atoms with van der Waals surface area (Å²) in [5.41, 5.74) is -0.258. The summed E-state index contributed by atoms with van der Waals surface area (Å²) in [6, 6.07) is 9.64. The molecule has 2 fully saturated rings. The van der Waals surface area contributed by atoms with Crippen molar-refractivity contribution < 1.29 is 24.2 Å². The number of ether oxygens (including phenoxy) is 2. The van der Waals surface area contributed by atoms with Gasteiger partial charge in [0.1, 0.15) is 6.61 Å². The molecule has 1 aromatic carbocycles. The van der Waals surface area contributed by atoms with Crippen molar-refractivity contribution in [1.29, 1.82) is 0 Å². The van der Waals surface area contributed by atoms with Gasteiger partial charge in [-0.2, -0.15) is 0 Å². The zero-order valence-corrected chi connectivity index (χ0v) is 15.3. The van der Waals surface area contributed by atoms with Gasteiger partial charge in [0.25, 0.3) is 0 Å². The van der Waals surface area contributed by atoms with Gasteiger partial charge in [0.2, 0.25) is 0 Å². The van der Waals surface area contributed by atoms with Gasteiger partial charge < -0.3 is 19.5 Å². The van der Waals surface area contributed by atoms with Crippen LogP contribution < -0.4 is 0 Å². The molecule has 0 bridgehead atoms. The fourth-order valence-corrected chi connectivity index (χ4v) is 4.06. The maximum absolute atomic E-state index is 12.3. The second-order valence-electron chi connectivity index (χ2n) is 7.55. The Morgan fingerprint density at radius 2 is 1.65 bits per heavy atom. The van der Waals surface area contributed by atoms with Crippen LogP contribution in [0.3, 0.4) is 0 Å². The molecule has 142 valence electrons. The molecule has 6 nitrogen and oxygen atoms in total. The van der Waals surface area contributed by atoms with Crippen molar-refractivity contribution in [3.8, 4) is 0 Å². The Labute approximate surface area is 154 Å². The molecular formula is C20H27NO5. The average molecular weight is 361 g/mol. The summed E-state index contributed by atoms with van der Waals surface area (Å²) in [5, 5.41) is 10.4. The van der Waals surface area contributed by atoms with E-state index in [-0.39, 0.29) is 18.1 Å². The lowest BCUT2D eigenvalue weighted by molar-refractivity contribution is -0.169. The molecule has 6 heteroatoms. The monoisotopic (exact) mass is 361 g/mol. The van der Waals surface area contributed by atoms with Crippen molar-refractivity contribution in [2.24, 2.45) is 5.41 Å². The van der Waals surface area contributed by atoms with E-state index in [1.807, 2.05) is 30.3 Å². The van der Waals surface area contributed by atoms with Gasteiger partial charge in [-0.15, -0.1) is 0 Å². The number of likely N-dealkylation sites (tertiary alicyclic amines) is 1. The molecule has 1 N–H and O–H groups in total. The van der Waals surface area contributed by atoms with E-state index in [0.29, 0.717) is 25.9 Å². The second-order valence-corrected chi connectivity index (χ2v) is 7.55. The van der Waals surface area contributed by atoms with Crippen molar-refractivity contribution in [1.82, 2.24) is 4.90 Å². The van der Waals surface area contributed by atoms with Crippen LogP contribution in [0.4, 0.5) is 4.79 Å². The van der Waals surface area contributed by atoms with E-state index >= 15 is 0 Å². The molecule has 1 aliphatic carbocycles. The third kappa shape index (κ3) is 4.01. The highest BCUT2D eigenvalue weighted by molar-refractivity contribution is 5.79. The largest absolute Gasteiger partial charge is 0.467 e. The zero-order valence-electron chi connectivity index (χ0n) is 15.3. The third-order valence-electron chi connectivity index (χ3n) is 5.99. The third-order valence-corrected chi connectivity index (χ3v) is 5.99. The number of nitrogens with zero attached hydrogens (tertiary/aromatic N) is 1. The molecule has 1 saturated carbocycles. The van der Waals surface area contributed by atoms with Crippen molar-refractivity contribution >= 4 is 12.1 Å². The first-order chi connectivity index (χ1) is 12.5. The van der Waals surface area contributed by atoms with Gasteiger partial charge in [-0.1, -0.05) is 30.3 Å². The van der Waals surface area contributed by atoms with Crippen LogP contribution in [0.5, 0.6) is 0 Å². The molecule has 1 aliphatic heterocycles. The Hall–Kier alpha value is -2.08. The molecule has 0 aromatic heterocycles. The van der Waals surface area contributed by atoms with E-state index in [2.05, 4.69) is 0 Å². The number of hydrogen-bond donors (Lipinski definition) is 1. The second kappa shape index (κ2) is 7.66. The highest BCUT2D eigenvalue weighted by atomic mass is 16.6. The first kappa shape index (κ1) is 18.7. The summed E-state index contributed by atoms with van der Waals surface area (Å²) in [5.74, 6) is -0.533. The fraction of sp³-hybridized carbons (Fsp3) is 0.600. The highest BCUT2D eigenvalue weighted by Gasteiger charge is 2.47. The van der Waals surface area contributed by atoms with E-state index in [4.69, 9.17) is 9.47 Å². The predicted molar refractivity (Wildman–Crippen MR) is 95.3 cm³/mol. The number of benzene rings is 1. The molecule has 1 saturated heterocycles. The van der Waals surface area contributed by atoms with Crippen molar-refractivity contribution in [3.05, 3.63) is 35.9 Å². The number of aliphatic hydroxyl groups is 1. The maximum Gasteiger partial charge on any atom is 0.410 e. The quantitative estimate of drug-likeness (QED) is 0.838. The normalized spacial score (nSPS) is 21.2. The summed E-state index contributed by atoms with van der Waals surface area (Å²) >= 11 is 0. The summed E-state index contributed by atoms with van der Waals surface area (Å²) in [6.45, 7) is 1.60. The molecule has 0 radical (unpaired) electrons. The number of amides is 1. The van der Waals surface area contributed by atoms with Crippen LogP contribution in [0, 0.1) is 5.41 Å². The summed E-state index contributed by atoms with van der Waals surface area (Å²) in [7, 11) is 1.31.